The third-order valence-electron chi connectivity index (χ3n) is 4.30. The summed E-state index contributed by atoms with van der Waals surface area (Å²) in [5.41, 5.74) is 2.33. The maximum absolute atomic E-state index is 12.8. The van der Waals surface area contributed by atoms with E-state index in [1.807, 2.05) is 30.3 Å². The zero-order valence-electron chi connectivity index (χ0n) is 15.7. The van der Waals surface area contributed by atoms with E-state index in [4.69, 9.17) is 15.9 Å². The lowest BCUT2D eigenvalue weighted by Crippen LogP contribution is -2.17. The number of carbonyl (C=O) groups is 1. The number of rotatable bonds is 4. The molecule has 29 heavy (non-hydrogen) atoms. The molecule has 0 aliphatic rings. The van der Waals surface area contributed by atoms with Crippen LogP contribution >= 0.6 is 11.3 Å². The van der Waals surface area contributed by atoms with Gasteiger partial charge in [0.05, 0.1) is 48.2 Å². The first-order valence-electron chi connectivity index (χ1n) is 8.64. The van der Waals surface area contributed by atoms with Gasteiger partial charge in [0.15, 0.2) is 16.3 Å². The van der Waals surface area contributed by atoms with Crippen LogP contribution in [0.25, 0.3) is 21.3 Å². The highest BCUT2D eigenvalue weighted by Crippen LogP contribution is 2.33. The van der Waals surface area contributed by atoms with Gasteiger partial charge in [0, 0.05) is 12.1 Å². The Hall–Kier alpha value is -3.70. The van der Waals surface area contributed by atoms with Crippen molar-refractivity contribution in [3.8, 4) is 23.8 Å². The third-order valence-corrected chi connectivity index (χ3v) is 5.34. The summed E-state index contributed by atoms with van der Waals surface area (Å²) in [5.74, 6) is 3.28. The molecule has 2 aromatic carbocycles. The van der Waals surface area contributed by atoms with Crippen molar-refractivity contribution in [2.75, 3.05) is 14.2 Å². The molecule has 4 aromatic rings. The second-order valence-corrected chi connectivity index (χ2v) is 7.02. The van der Waals surface area contributed by atoms with Gasteiger partial charge in [-0.3, -0.25) is 9.78 Å². The first-order valence-corrected chi connectivity index (χ1v) is 9.46. The van der Waals surface area contributed by atoms with Crippen molar-refractivity contribution in [1.29, 1.82) is 0 Å². The Morgan fingerprint density at radius 1 is 1.21 bits per heavy atom. The standard InChI is InChI=1S/C21H16N4O3S/c1-4-9-25-16-10-17(27-2)18(28-3)11-19(16)29-21(25)24-20(26)15-12-22-13-7-5-6-8-14(13)23-15/h1,5-8,10-12H,9H2,2-3H3. The molecule has 0 saturated carbocycles. The van der Waals surface area contributed by atoms with E-state index in [2.05, 4.69) is 20.9 Å². The Morgan fingerprint density at radius 2 is 1.93 bits per heavy atom. The Balaban J connectivity index is 1.86. The summed E-state index contributed by atoms with van der Waals surface area (Å²) in [4.78, 5) is 26.1. The van der Waals surface area contributed by atoms with Gasteiger partial charge in [-0.25, -0.2) is 4.98 Å². The van der Waals surface area contributed by atoms with Crippen LogP contribution in [0.4, 0.5) is 0 Å². The first kappa shape index (κ1) is 18.7. The van der Waals surface area contributed by atoms with Crippen LogP contribution in [0.2, 0.25) is 0 Å². The number of para-hydroxylation sites is 2. The molecule has 1 amide bonds. The normalized spacial score (nSPS) is 11.6. The molecule has 0 saturated heterocycles. The van der Waals surface area contributed by atoms with E-state index in [-0.39, 0.29) is 12.2 Å². The number of terminal acetylenes is 1. The van der Waals surface area contributed by atoms with Crippen LogP contribution in [0.15, 0.2) is 47.6 Å². The van der Waals surface area contributed by atoms with E-state index < -0.39 is 5.91 Å². The number of thiazole rings is 1. The molecule has 0 spiro atoms. The number of hydrogen-bond donors (Lipinski definition) is 0. The van der Waals surface area contributed by atoms with Crippen LogP contribution in [0.5, 0.6) is 11.5 Å². The zero-order valence-corrected chi connectivity index (χ0v) is 16.6. The van der Waals surface area contributed by atoms with Crippen molar-refractivity contribution in [2.24, 2.45) is 4.99 Å². The highest BCUT2D eigenvalue weighted by atomic mass is 32.1. The Morgan fingerprint density at radius 3 is 2.66 bits per heavy atom. The molecule has 0 atom stereocenters. The average molecular weight is 404 g/mol. The number of benzene rings is 2. The number of carbonyl (C=O) groups excluding carboxylic acids is 1. The zero-order chi connectivity index (χ0) is 20.4. The van der Waals surface area contributed by atoms with Gasteiger partial charge in [0.25, 0.3) is 5.91 Å². The lowest BCUT2D eigenvalue weighted by Gasteiger charge is -2.08. The van der Waals surface area contributed by atoms with Crippen LogP contribution in [0.1, 0.15) is 10.5 Å². The summed E-state index contributed by atoms with van der Waals surface area (Å²) in [6.45, 7) is 0.255. The predicted molar refractivity (Wildman–Crippen MR) is 111 cm³/mol. The van der Waals surface area contributed by atoms with Gasteiger partial charge in [-0.15, -0.1) is 6.42 Å². The Labute approximate surface area is 170 Å². The lowest BCUT2D eigenvalue weighted by atomic mass is 10.3. The van der Waals surface area contributed by atoms with Crippen molar-refractivity contribution in [1.82, 2.24) is 14.5 Å². The van der Waals surface area contributed by atoms with Gasteiger partial charge in [-0.1, -0.05) is 29.4 Å². The van der Waals surface area contributed by atoms with Crippen LogP contribution in [0, 0.1) is 12.3 Å². The summed E-state index contributed by atoms with van der Waals surface area (Å²) in [6, 6.07) is 11.0. The summed E-state index contributed by atoms with van der Waals surface area (Å²) < 4.78 is 13.4. The second kappa shape index (κ2) is 7.73. The number of aromatic nitrogens is 3. The lowest BCUT2D eigenvalue weighted by molar-refractivity contribution is 0.0993. The van der Waals surface area contributed by atoms with Crippen LogP contribution < -0.4 is 14.3 Å². The fourth-order valence-electron chi connectivity index (χ4n) is 2.93. The molecular weight excluding hydrogens is 388 g/mol. The summed E-state index contributed by atoms with van der Waals surface area (Å²) >= 11 is 1.34. The molecule has 0 fully saturated rings. The van der Waals surface area contributed by atoms with Crippen molar-refractivity contribution < 1.29 is 14.3 Å². The summed E-state index contributed by atoms with van der Waals surface area (Å²) in [5, 5.41) is 0. The minimum atomic E-state index is -0.487. The number of nitrogens with zero attached hydrogens (tertiary/aromatic N) is 4. The monoisotopic (exact) mass is 404 g/mol. The van der Waals surface area contributed by atoms with E-state index in [0.717, 1.165) is 10.2 Å². The van der Waals surface area contributed by atoms with Crippen molar-refractivity contribution >= 4 is 38.5 Å². The fraction of sp³-hybridized carbons (Fsp3) is 0.143. The number of amides is 1. The van der Waals surface area contributed by atoms with Gasteiger partial charge in [-0.05, 0) is 12.1 Å². The molecule has 0 N–H and O–H groups in total. The van der Waals surface area contributed by atoms with Crippen molar-refractivity contribution in [3.63, 3.8) is 0 Å². The Kier molecular flexibility index (Phi) is 4.97. The fourth-order valence-corrected chi connectivity index (χ4v) is 3.97. The smallest absolute Gasteiger partial charge is 0.299 e. The van der Waals surface area contributed by atoms with Crippen molar-refractivity contribution in [2.45, 2.75) is 6.54 Å². The summed E-state index contributed by atoms with van der Waals surface area (Å²) in [7, 11) is 3.13. The van der Waals surface area contributed by atoms with E-state index in [9.17, 15) is 4.79 Å². The maximum atomic E-state index is 12.8. The second-order valence-electron chi connectivity index (χ2n) is 6.01. The molecule has 0 radical (unpaired) electrons. The third kappa shape index (κ3) is 3.44. The van der Waals surface area contributed by atoms with E-state index >= 15 is 0 Å². The molecule has 0 unspecified atom stereocenters. The average Bonchev–Trinajstić information content (AvgIpc) is 3.08. The molecule has 4 rings (SSSR count). The van der Waals surface area contributed by atoms with Crippen LogP contribution in [-0.2, 0) is 6.54 Å². The Bertz CT molecular complexity index is 1350. The number of ether oxygens (including phenoxy) is 2. The van der Waals surface area contributed by atoms with Gasteiger partial charge < -0.3 is 14.0 Å². The minimum absolute atomic E-state index is 0.170. The van der Waals surface area contributed by atoms with Crippen LogP contribution in [-0.4, -0.2) is 34.7 Å². The molecule has 144 valence electrons. The van der Waals surface area contributed by atoms with E-state index in [0.29, 0.717) is 27.3 Å². The maximum Gasteiger partial charge on any atom is 0.299 e. The van der Waals surface area contributed by atoms with Crippen molar-refractivity contribution in [3.05, 3.63) is 53.1 Å². The minimum Gasteiger partial charge on any atom is -0.493 e. The molecule has 0 aliphatic heterocycles. The highest BCUT2D eigenvalue weighted by molar-refractivity contribution is 7.16. The molecule has 0 bridgehead atoms. The predicted octanol–water partition coefficient (Wildman–Crippen LogP) is 3.04. The number of methoxy groups -OCH3 is 2. The quantitative estimate of drug-likeness (QED) is 0.489. The molecule has 2 aromatic heterocycles. The van der Waals surface area contributed by atoms with E-state index in [1.54, 1.807) is 24.9 Å². The van der Waals surface area contributed by atoms with Gasteiger partial charge >= 0.3 is 0 Å². The topological polar surface area (TPSA) is 78.6 Å². The molecule has 7 nitrogen and oxygen atoms in total. The first-order chi connectivity index (χ1) is 14.1. The molecule has 8 heteroatoms. The van der Waals surface area contributed by atoms with Gasteiger partial charge in [0.2, 0.25) is 0 Å². The number of fused-ring (bicyclic) bond motifs is 2. The van der Waals surface area contributed by atoms with Crippen LogP contribution in [0.3, 0.4) is 0 Å². The molecule has 0 aliphatic carbocycles. The highest BCUT2D eigenvalue weighted by Gasteiger charge is 2.14. The summed E-state index contributed by atoms with van der Waals surface area (Å²) in [6.07, 6.45) is 6.97. The van der Waals surface area contributed by atoms with Gasteiger partial charge in [-0.2, -0.15) is 4.99 Å². The SMILES string of the molecule is C#CCn1c(=NC(=O)c2cnc3ccccc3n2)sc2cc(OC)c(OC)cc21. The molecular formula is C21H16N4O3S. The van der Waals surface area contributed by atoms with Gasteiger partial charge in [0.1, 0.15) is 5.69 Å². The largest absolute Gasteiger partial charge is 0.493 e. The number of hydrogen-bond acceptors (Lipinski definition) is 6. The van der Waals surface area contributed by atoms with E-state index in [1.165, 1.54) is 17.5 Å². The molecule has 2 heterocycles.